The first kappa shape index (κ1) is 14.6. The van der Waals surface area contributed by atoms with Gasteiger partial charge in [0.25, 0.3) is 0 Å². The third-order valence-corrected chi connectivity index (χ3v) is 4.69. The van der Waals surface area contributed by atoms with E-state index in [4.69, 9.17) is 0 Å². The van der Waals surface area contributed by atoms with Crippen LogP contribution in [-0.2, 0) is 0 Å². The maximum atomic E-state index is 4.45. The van der Waals surface area contributed by atoms with Gasteiger partial charge >= 0.3 is 0 Å². The van der Waals surface area contributed by atoms with E-state index in [-0.39, 0.29) is 0 Å². The highest BCUT2D eigenvalue weighted by Gasteiger charge is 2.26. The largest absolute Gasteiger partial charge is 0.370 e. The van der Waals surface area contributed by atoms with Gasteiger partial charge < -0.3 is 10.2 Å². The number of nitrogens with one attached hydrogen (secondary N) is 1. The van der Waals surface area contributed by atoms with E-state index in [1.54, 1.807) is 6.33 Å². The van der Waals surface area contributed by atoms with Gasteiger partial charge in [0.1, 0.15) is 18.0 Å². The quantitative estimate of drug-likeness (QED) is 0.901. The zero-order valence-electron chi connectivity index (χ0n) is 13.1. The fourth-order valence-corrected chi connectivity index (χ4v) is 3.46. The Balaban J connectivity index is 1.56. The molecule has 0 amide bonds. The van der Waals surface area contributed by atoms with Crippen LogP contribution in [-0.4, -0.2) is 53.6 Å². The van der Waals surface area contributed by atoms with Crippen LogP contribution >= 0.6 is 0 Å². The van der Waals surface area contributed by atoms with Gasteiger partial charge in [-0.1, -0.05) is 19.8 Å². The Morgan fingerprint density at radius 1 is 1.14 bits per heavy atom. The molecule has 0 aromatic carbocycles. The van der Waals surface area contributed by atoms with Crippen LogP contribution in [0.1, 0.15) is 39.0 Å². The van der Waals surface area contributed by atoms with E-state index in [1.165, 1.54) is 38.8 Å². The summed E-state index contributed by atoms with van der Waals surface area (Å²) in [5, 5.41) is 3.34. The van der Waals surface area contributed by atoms with E-state index in [1.807, 2.05) is 0 Å². The molecule has 1 saturated carbocycles. The molecule has 0 bridgehead atoms. The molecule has 0 atom stereocenters. The summed E-state index contributed by atoms with van der Waals surface area (Å²) in [5.74, 6) is 2.01. The minimum atomic E-state index is 0.847. The van der Waals surface area contributed by atoms with Gasteiger partial charge in [-0.05, 0) is 19.3 Å². The molecule has 3 rings (SSSR count). The highest BCUT2D eigenvalue weighted by atomic mass is 15.3. The molecule has 1 aliphatic heterocycles. The summed E-state index contributed by atoms with van der Waals surface area (Å²) in [5.41, 5.74) is 0. The molecule has 0 unspecified atom stereocenters. The molecule has 5 heteroatoms. The predicted octanol–water partition coefficient (Wildman–Crippen LogP) is 2.36. The van der Waals surface area contributed by atoms with Crippen LogP contribution in [0, 0.1) is 0 Å². The summed E-state index contributed by atoms with van der Waals surface area (Å²) in [6.07, 6.45) is 8.43. The van der Waals surface area contributed by atoms with E-state index < -0.39 is 0 Å². The van der Waals surface area contributed by atoms with Crippen LogP contribution in [0.4, 0.5) is 11.6 Å². The van der Waals surface area contributed by atoms with Crippen LogP contribution < -0.4 is 10.2 Å². The Bertz CT molecular complexity index is 436. The third-order valence-electron chi connectivity index (χ3n) is 4.69. The van der Waals surface area contributed by atoms with E-state index in [0.717, 1.165) is 43.7 Å². The maximum absolute atomic E-state index is 4.45. The molecule has 1 saturated heterocycles. The van der Waals surface area contributed by atoms with E-state index in [2.05, 4.69) is 38.1 Å². The monoisotopic (exact) mass is 289 g/mol. The number of nitrogens with zero attached hydrogens (tertiary/aromatic N) is 4. The molecule has 2 heterocycles. The topological polar surface area (TPSA) is 44.3 Å². The van der Waals surface area contributed by atoms with Crippen LogP contribution in [0.25, 0.3) is 0 Å². The summed E-state index contributed by atoms with van der Waals surface area (Å²) in [6, 6.07) is 2.93. The fourth-order valence-electron chi connectivity index (χ4n) is 3.46. The standard InChI is InChI=1S/C16H27N5/c1-2-7-17-15-12-16(19-13-18-15)21-10-8-20(9-11-21)14-5-3-4-6-14/h12-14H,2-11H2,1H3,(H,17,18,19). The molecule has 0 radical (unpaired) electrons. The van der Waals surface area contributed by atoms with Crippen LogP contribution in [0.5, 0.6) is 0 Å². The molecule has 1 aromatic rings. The number of hydrogen-bond donors (Lipinski definition) is 1. The maximum Gasteiger partial charge on any atom is 0.134 e. The van der Waals surface area contributed by atoms with Gasteiger partial charge in [0.05, 0.1) is 0 Å². The first-order valence-electron chi connectivity index (χ1n) is 8.41. The van der Waals surface area contributed by atoms with E-state index in [9.17, 15) is 0 Å². The fraction of sp³-hybridized carbons (Fsp3) is 0.750. The lowest BCUT2D eigenvalue weighted by atomic mass is 10.2. The summed E-state index contributed by atoms with van der Waals surface area (Å²) in [6.45, 7) is 7.64. The molecule has 0 spiro atoms. The molecular formula is C16H27N5. The smallest absolute Gasteiger partial charge is 0.134 e. The second-order valence-corrected chi connectivity index (χ2v) is 6.15. The van der Waals surface area contributed by atoms with Crippen molar-refractivity contribution >= 4 is 11.6 Å². The van der Waals surface area contributed by atoms with Crippen molar-refractivity contribution in [1.82, 2.24) is 14.9 Å². The van der Waals surface area contributed by atoms with Gasteiger partial charge in [0.2, 0.25) is 0 Å². The Labute approximate surface area is 127 Å². The van der Waals surface area contributed by atoms with Crippen LogP contribution in [0.3, 0.4) is 0 Å². The van der Waals surface area contributed by atoms with Crippen molar-refractivity contribution < 1.29 is 0 Å². The van der Waals surface area contributed by atoms with Crippen molar-refractivity contribution in [2.45, 2.75) is 45.1 Å². The lowest BCUT2D eigenvalue weighted by molar-refractivity contribution is 0.187. The number of aromatic nitrogens is 2. The minimum Gasteiger partial charge on any atom is -0.370 e. The number of hydrogen-bond acceptors (Lipinski definition) is 5. The SMILES string of the molecule is CCCNc1cc(N2CCN(C3CCCC3)CC2)ncn1. The first-order valence-corrected chi connectivity index (χ1v) is 8.41. The summed E-state index contributed by atoms with van der Waals surface area (Å²) < 4.78 is 0. The number of piperazine rings is 1. The number of rotatable bonds is 5. The zero-order chi connectivity index (χ0) is 14.5. The molecule has 1 aliphatic carbocycles. The predicted molar refractivity (Wildman–Crippen MR) is 86.9 cm³/mol. The minimum absolute atomic E-state index is 0.847. The molecule has 21 heavy (non-hydrogen) atoms. The van der Waals surface area contributed by atoms with Crippen LogP contribution in [0.2, 0.25) is 0 Å². The van der Waals surface area contributed by atoms with Gasteiger partial charge in [-0.15, -0.1) is 0 Å². The molecule has 1 aromatic heterocycles. The van der Waals surface area contributed by atoms with Gasteiger partial charge in [-0.25, -0.2) is 9.97 Å². The molecule has 1 N–H and O–H groups in total. The van der Waals surface area contributed by atoms with Crippen molar-refractivity contribution in [1.29, 1.82) is 0 Å². The van der Waals surface area contributed by atoms with Gasteiger partial charge in [0, 0.05) is 44.8 Å². The van der Waals surface area contributed by atoms with Crippen molar-refractivity contribution in [3.05, 3.63) is 12.4 Å². The molecule has 2 aliphatic rings. The van der Waals surface area contributed by atoms with E-state index >= 15 is 0 Å². The third kappa shape index (κ3) is 3.64. The highest BCUT2D eigenvalue weighted by Crippen LogP contribution is 2.25. The summed E-state index contributed by atoms with van der Waals surface area (Å²) >= 11 is 0. The Hall–Kier alpha value is -1.36. The average Bonchev–Trinajstić information content (AvgIpc) is 3.08. The summed E-state index contributed by atoms with van der Waals surface area (Å²) in [7, 11) is 0. The second-order valence-electron chi connectivity index (χ2n) is 6.15. The lowest BCUT2D eigenvalue weighted by Gasteiger charge is -2.38. The molecule has 2 fully saturated rings. The Kier molecular flexibility index (Phi) is 4.91. The van der Waals surface area contributed by atoms with Crippen LogP contribution in [0.15, 0.2) is 12.4 Å². The normalized spacial score (nSPS) is 20.9. The van der Waals surface area contributed by atoms with Crippen molar-refractivity contribution in [2.75, 3.05) is 42.9 Å². The van der Waals surface area contributed by atoms with Crippen molar-refractivity contribution in [3.8, 4) is 0 Å². The Morgan fingerprint density at radius 3 is 2.62 bits per heavy atom. The highest BCUT2D eigenvalue weighted by molar-refractivity contribution is 5.48. The molecule has 5 nitrogen and oxygen atoms in total. The summed E-state index contributed by atoms with van der Waals surface area (Å²) in [4.78, 5) is 13.8. The molecule has 116 valence electrons. The lowest BCUT2D eigenvalue weighted by Crippen LogP contribution is -2.50. The molecular weight excluding hydrogens is 262 g/mol. The number of anilines is 2. The first-order chi connectivity index (χ1) is 10.4. The average molecular weight is 289 g/mol. The van der Waals surface area contributed by atoms with E-state index in [0.29, 0.717) is 0 Å². The zero-order valence-corrected chi connectivity index (χ0v) is 13.1. The van der Waals surface area contributed by atoms with Gasteiger partial charge in [0.15, 0.2) is 0 Å². The van der Waals surface area contributed by atoms with Crippen molar-refractivity contribution in [3.63, 3.8) is 0 Å². The second kappa shape index (κ2) is 7.07. The van der Waals surface area contributed by atoms with Gasteiger partial charge in [-0.2, -0.15) is 0 Å². The Morgan fingerprint density at radius 2 is 1.90 bits per heavy atom. The van der Waals surface area contributed by atoms with Crippen molar-refractivity contribution in [2.24, 2.45) is 0 Å². The van der Waals surface area contributed by atoms with Gasteiger partial charge in [-0.3, -0.25) is 4.90 Å².